The highest BCUT2D eigenvalue weighted by Gasteiger charge is 2.19. The summed E-state index contributed by atoms with van der Waals surface area (Å²) in [6, 6.07) is 20.0. The zero-order valence-electron chi connectivity index (χ0n) is 20.8. The molecule has 2 aromatic heterocycles. The molecule has 0 amide bonds. The maximum Gasteiger partial charge on any atom is 0.263 e. The van der Waals surface area contributed by atoms with Crippen LogP contribution in [0.2, 0.25) is 5.02 Å². The lowest BCUT2D eigenvalue weighted by Gasteiger charge is -2.19. The maximum atomic E-state index is 13.8. The highest BCUT2D eigenvalue weighted by Crippen LogP contribution is 2.28. The van der Waals surface area contributed by atoms with Crippen molar-refractivity contribution in [2.24, 2.45) is 0 Å². The smallest absolute Gasteiger partial charge is 0.263 e. The Hall–Kier alpha value is -4.69. The summed E-state index contributed by atoms with van der Waals surface area (Å²) in [6.07, 6.45) is 1.31. The van der Waals surface area contributed by atoms with Crippen molar-refractivity contribution in [3.63, 3.8) is 0 Å². The van der Waals surface area contributed by atoms with Gasteiger partial charge in [0, 0.05) is 11.3 Å². The van der Waals surface area contributed by atoms with Gasteiger partial charge in [-0.2, -0.15) is 0 Å². The van der Waals surface area contributed by atoms with Crippen molar-refractivity contribution < 1.29 is 5.11 Å². The molecule has 0 aliphatic rings. The van der Waals surface area contributed by atoms with Gasteiger partial charge in [0.15, 0.2) is 0 Å². The van der Waals surface area contributed by atoms with Gasteiger partial charge < -0.3 is 16.2 Å². The first kappa shape index (κ1) is 25.0. The number of hydrogen-bond donors (Lipinski definition) is 4. The molecule has 9 heteroatoms. The molecule has 0 spiro atoms. The summed E-state index contributed by atoms with van der Waals surface area (Å²) in [5, 5.41) is 23.7. The molecule has 0 aliphatic heterocycles. The van der Waals surface area contributed by atoms with Gasteiger partial charge in [-0.05, 0) is 54.6 Å². The summed E-state index contributed by atoms with van der Waals surface area (Å²) in [7, 11) is 0. The zero-order valence-corrected chi connectivity index (χ0v) is 21.5. The summed E-state index contributed by atoms with van der Waals surface area (Å²) in [5.41, 5.74) is 10.1. The highest BCUT2D eigenvalue weighted by molar-refractivity contribution is 6.32. The monoisotopic (exact) mass is 524 g/mol. The van der Waals surface area contributed by atoms with Crippen LogP contribution in [0.15, 0.2) is 77.9 Å². The van der Waals surface area contributed by atoms with E-state index in [1.807, 2.05) is 62.4 Å². The van der Waals surface area contributed by atoms with E-state index in [1.165, 1.54) is 18.5 Å². The number of hydrogen-bond acceptors (Lipinski definition) is 7. The van der Waals surface area contributed by atoms with Gasteiger partial charge in [0.25, 0.3) is 5.56 Å². The van der Waals surface area contributed by atoms with Gasteiger partial charge in [0.05, 0.1) is 33.9 Å². The SMILES string of the molecule is Cc1ccccc1-n1c(CNc2ncnc(N)c2C(=N)c2ccc(Cl)c(O)c2)cc2cccc(C)c2c1=O. The average Bonchev–Trinajstić information content (AvgIpc) is 2.89. The molecule has 5 rings (SSSR count). The van der Waals surface area contributed by atoms with Gasteiger partial charge >= 0.3 is 0 Å². The van der Waals surface area contributed by atoms with Crippen molar-refractivity contribution in [1.82, 2.24) is 14.5 Å². The molecular formula is C29H25ClN6O2. The first-order valence-electron chi connectivity index (χ1n) is 11.9. The molecule has 8 nitrogen and oxygen atoms in total. The van der Waals surface area contributed by atoms with E-state index in [9.17, 15) is 9.90 Å². The second-order valence-corrected chi connectivity index (χ2v) is 9.39. The predicted octanol–water partition coefficient (Wildman–Crippen LogP) is 5.37. The van der Waals surface area contributed by atoms with Crippen molar-refractivity contribution in [3.8, 4) is 11.4 Å². The molecule has 0 atom stereocenters. The van der Waals surface area contributed by atoms with Crippen molar-refractivity contribution in [3.05, 3.63) is 116 Å². The minimum atomic E-state index is -0.146. The molecule has 38 heavy (non-hydrogen) atoms. The summed E-state index contributed by atoms with van der Waals surface area (Å²) in [6.45, 7) is 4.11. The molecule has 0 radical (unpaired) electrons. The standard InChI is InChI=1S/C29H25ClN6O2/c1-16-6-3-4-9-22(16)36-20(12-18-8-5-7-17(2)24(18)29(36)38)14-33-28-25(27(32)34-15-35-28)26(31)19-10-11-21(30)23(37)13-19/h3-13,15,31,37H,14H2,1-2H3,(H3,32,33,34,35). The van der Waals surface area contributed by atoms with Crippen LogP contribution >= 0.6 is 11.6 Å². The van der Waals surface area contributed by atoms with Crippen molar-refractivity contribution in [2.75, 3.05) is 11.1 Å². The second-order valence-electron chi connectivity index (χ2n) is 8.98. The molecule has 3 aromatic carbocycles. The van der Waals surface area contributed by atoms with Crippen molar-refractivity contribution in [2.45, 2.75) is 20.4 Å². The van der Waals surface area contributed by atoms with Gasteiger partial charge in [-0.15, -0.1) is 0 Å². The fourth-order valence-corrected chi connectivity index (χ4v) is 4.68. The van der Waals surface area contributed by atoms with E-state index < -0.39 is 0 Å². The molecule has 0 unspecified atom stereocenters. The summed E-state index contributed by atoms with van der Waals surface area (Å²) in [5.74, 6) is 0.282. The molecule has 0 saturated heterocycles. The lowest BCUT2D eigenvalue weighted by Crippen LogP contribution is -2.25. The Labute approximate surface area is 223 Å². The first-order valence-corrected chi connectivity index (χ1v) is 12.3. The molecule has 5 N–H and O–H groups in total. The number of nitrogens with zero attached hydrogens (tertiary/aromatic N) is 3. The number of phenolic OH excluding ortho intramolecular Hbond substituents is 1. The van der Waals surface area contributed by atoms with Crippen LogP contribution in [0.5, 0.6) is 5.75 Å². The molecule has 5 aromatic rings. The Bertz CT molecular complexity index is 1780. The van der Waals surface area contributed by atoms with Gasteiger partial charge in [0.2, 0.25) is 0 Å². The Morgan fingerprint density at radius 1 is 1.05 bits per heavy atom. The van der Waals surface area contributed by atoms with E-state index in [0.29, 0.717) is 22.5 Å². The number of pyridine rings is 1. The minimum absolute atomic E-state index is 0.0167. The number of halogens is 1. The third kappa shape index (κ3) is 4.46. The molecule has 0 saturated carbocycles. The van der Waals surface area contributed by atoms with Crippen LogP contribution in [0.4, 0.5) is 11.6 Å². The van der Waals surface area contributed by atoms with Crippen LogP contribution in [-0.2, 0) is 6.54 Å². The lowest BCUT2D eigenvalue weighted by atomic mass is 10.0. The first-order chi connectivity index (χ1) is 18.3. The van der Waals surface area contributed by atoms with E-state index >= 15 is 0 Å². The number of nitrogens with two attached hydrogens (primary N) is 1. The number of aromatic nitrogens is 3. The van der Waals surface area contributed by atoms with E-state index in [-0.39, 0.29) is 40.0 Å². The topological polar surface area (TPSA) is 130 Å². The predicted molar refractivity (Wildman–Crippen MR) is 152 cm³/mol. The van der Waals surface area contributed by atoms with E-state index in [2.05, 4.69) is 15.3 Å². The Kier molecular flexibility index (Phi) is 6.57. The second kappa shape index (κ2) is 9.99. The number of fused-ring (bicyclic) bond motifs is 1. The number of para-hydroxylation sites is 1. The van der Waals surface area contributed by atoms with Crippen LogP contribution in [0, 0.1) is 19.3 Å². The van der Waals surface area contributed by atoms with E-state index in [1.54, 1.807) is 10.6 Å². The van der Waals surface area contributed by atoms with Crippen LogP contribution in [0.25, 0.3) is 16.5 Å². The zero-order chi connectivity index (χ0) is 27.0. The average molecular weight is 525 g/mol. The van der Waals surface area contributed by atoms with Gasteiger partial charge in [-0.25, -0.2) is 9.97 Å². The van der Waals surface area contributed by atoms with Crippen LogP contribution in [-0.4, -0.2) is 25.4 Å². The minimum Gasteiger partial charge on any atom is -0.506 e. The number of aromatic hydroxyl groups is 1. The number of phenols is 1. The number of nitrogen functional groups attached to an aromatic ring is 1. The summed E-state index contributed by atoms with van der Waals surface area (Å²) < 4.78 is 1.71. The van der Waals surface area contributed by atoms with Crippen LogP contribution in [0.3, 0.4) is 0 Å². The van der Waals surface area contributed by atoms with Crippen LogP contribution in [0.1, 0.15) is 27.9 Å². The molecule has 2 heterocycles. The van der Waals surface area contributed by atoms with Gasteiger partial charge in [0.1, 0.15) is 23.7 Å². The lowest BCUT2D eigenvalue weighted by molar-refractivity contribution is 0.475. The third-order valence-corrected chi connectivity index (χ3v) is 6.81. The number of benzene rings is 3. The Morgan fingerprint density at radius 2 is 1.82 bits per heavy atom. The molecule has 0 fully saturated rings. The number of rotatable bonds is 6. The normalized spacial score (nSPS) is 11.0. The highest BCUT2D eigenvalue weighted by atomic mass is 35.5. The van der Waals surface area contributed by atoms with Gasteiger partial charge in [-0.1, -0.05) is 54.1 Å². The number of nitrogens with one attached hydrogen (secondary N) is 2. The van der Waals surface area contributed by atoms with Gasteiger partial charge in [-0.3, -0.25) is 14.8 Å². The Balaban J connectivity index is 1.61. The number of aryl methyl sites for hydroxylation is 2. The quantitative estimate of drug-likeness (QED) is 0.221. The number of anilines is 2. The molecule has 0 aliphatic carbocycles. The molecule has 0 bridgehead atoms. The van der Waals surface area contributed by atoms with Crippen molar-refractivity contribution in [1.29, 1.82) is 5.41 Å². The summed E-state index contributed by atoms with van der Waals surface area (Å²) >= 11 is 5.94. The third-order valence-electron chi connectivity index (χ3n) is 6.49. The Morgan fingerprint density at radius 3 is 2.58 bits per heavy atom. The summed E-state index contributed by atoms with van der Waals surface area (Å²) in [4.78, 5) is 22.2. The fraction of sp³-hybridized carbons (Fsp3) is 0.103. The fourth-order valence-electron chi connectivity index (χ4n) is 4.56. The largest absolute Gasteiger partial charge is 0.506 e. The maximum absolute atomic E-state index is 13.8. The van der Waals surface area contributed by atoms with E-state index in [4.69, 9.17) is 22.7 Å². The van der Waals surface area contributed by atoms with Crippen LogP contribution < -0.4 is 16.6 Å². The molecule has 190 valence electrons. The molecular weight excluding hydrogens is 500 g/mol. The van der Waals surface area contributed by atoms with E-state index in [0.717, 1.165) is 22.2 Å². The van der Waals surface area contributed by atoms with Crippen molar-refractivity contribution >= 4 is 39.7 Å².